The van der Waals surface area contributed by atoms with Crippen LogP contribution < -0.4 is 5.73 Å². The molecule has 5 nitrogen and oxygen atoms in total. The van der Waals surface area contributed by atoms with Gasteiger partial charge in [-0.1, -0.05) is 11.6 Å². The molecule has 2 aromatic heterocycles. The van der Waals surface area contributed by atoms with Gasteiger partial charge in [0.05, 0.1) is 23.1 Å². The van der Waals surface area contributed by atoms with Gasteiger partial charge in [-0.25, -0.2) is 0 Å². The van der Waals surface area contributed by atoms with Gasteiger partial charge >= 0.3 is 6.01 Å². The second kappa shape index (κ2) is 3.20. The average Bonchev–Trinajstić information content (AvgIpc) is 2.71. The Labute approximate surface area is 79.1 Å². The maximum absolute atomic E-state index is 5.67. The standard InChI is InChI=1S/C7H7ClN4O/c8-5-2-10-12(3-5)7-11-6(1-9)4-13-7/h2-4H,1,9H2. The molecule has 0 saturated heterocycles. The summed E-state index contributed by atoms with van der Waals surface area (Å²) in [6.45, 7) is 0.346. The van der Waals surface area contributed by atoms with Gasteiger partial charge in [0.2, 0.25) is 0 Å². The summed E-state index contributed by atoms with van der Waals surface area (Å²) in [6, 6.07) is 0.368. The number of nitrogens with zero attached hydrogens (tertiary/aromatic N) is 3. The predicted octanol–water partition coefficient (Wildman–Crippen LogP) is 0.972. The molecule has 0 bridgehead atoms. The van der Waals surface area contributed by atoms with Crippen molar-refractivity contribution in [1.82, 2.24) is 14.8 Å². The molecular formula is C7H7ClN4O. The van der Waals surface area contributed by atoms with Crippen LogP contribution in [0.25, 0.3) is 6.01 Å². The second-order valence-corrected chi connectivity index (χ2v) is 2.87. The zero-order valence-electron chi connectivity index (χ0n) is 6.64. The third kappa shape index (κ3) is 1.56. The van der Waals surface area contributed by atoms with E-state index in [-0.39, 0.29) is 0 Å². The van der Waals surface area contributed by atoms with Crippen LogP contribution in [-0.2, 0) is 6.54 Å². The fraction of sp³-hybridized carbons (Fsp3) is 0.143. The third-order valence-corrected chi connectivity index (χ3v) is 1.69. The molecule has 0 atom stereocenters. The van der Waals surface area contributed by atoms with E-state index in [1.807, 2.05) is 0 Å². The number of rotatable bonds is 2. The van der Waals surface area contributed by atoms with Gasteiger partial charge in [-0.05, 0) is 0 Å². The number of nitrogens with two attached hydrogens (primary N) is 1. The largest absolute Gasteiger partial charge is 0.430 e. The average molecular weight is 199 g/mol. The van der Waals surface area contributed by atoms with E-state index in [2.05, 4.69) is 10.1 Å². The first-order valence-electron chi connectivity index (χ1n) is 3.64. The van der Waals surface area contributed by atoms with Crippen LogP contribution in [0.4, 0.5) is 0 Å². The molecule has 0 radical (unpaired) electrons. The number of aromatic nitrogens is 3. The lowest BCUT2D eigenvalue weighted by molar-refractivity contribution is 0.509. The monoisotopic (exact) mass is 198 g/mol. The summed E-state index contributed by atoms with van der Waals surface area (Å²) in [7, 11) is 0. The Kier molecular flexibility index (Phi) is 2.03. The van der Waals surface area contributed by atoms with E-state index in [1.54, 1.807) is 6.20 Å². The molecule has 0 aliphatic carbocycles. The number of oxazole rings is 1. The lowest BCUT2D eigenvalue weighted by atomic mass is 10.5. The van der Waals surface area contributed by atoms with Gasteiger partial charge in [0, 0.05) is 6.54 Å². The molecule has 0 spiro atoms. The topological polar surface area (TPSA) is 69.9 Å². The SMILES string of the molecule is NCc1coc(-n2cc(Cl)cn2)n1. The number of hydrogen-bond donors (Lipinski definition) is 1. The fourth-order valence-electron chi connectivity index (χ4n) is 0.901. The Balaban J connectivity index is 2.35. The van der Waals surface area contributed by atoms with Crippen LogP contribution in [0, 0.1) is 0 Å². The summed E-state index contributed by atoms with van der Waals surface area (Å²) in [5.41, 5.74) is 6.05. The lowest BCUT2D eigenvalue weighted by Crippen LogP contribution is -1.98. The van der Waals surface area contributed by atoms with Crippen molar-refractivity contribution in [3.8, 4) is 6.01 Å². The van der Waals surface area contributed by atoms with Crippen molar-refractivity contribution in [3.05, 3.63) is 29.4 Å². The van der Waals surface area contributed by atoms with E-state index in [0.29, 0.717) is 23.3 Å². The minimum atomic E-state index is 0.346. The van der Waals surface area contributed by atoms with Crippen LogP contribution in [0.1, 0.15) is 5.69 Å². The maximum Gasteiger partial charge on any atom is 0.322 e. The Morgan fingerprint density at radius 2 is 2.46 bits per heavy atom. The first-order chi connectivity index (χ1) is 6.29. The van der Waals surface area contributed by atoms with E-state index in [9.17, 15) is 0 Å². The molecule has 2 heterocycles. The molecule has 0 aliphatic heterocycles. The molecule has 0 fully saturated rings. The molecule has 68 valence electrons. The molecule has 2 rings (SSSR count). The fourth-order valence-corrected chi connectivity index (χ4v) is 1.04. The molecule has 0 saturated carbocycles. The number of halogens is 1. The highest BCUT2D eigenvalue weighted by molar-refractivity contribution is 6.30. The zero-order chi connectivity index (χ0) is 9.26. The molecule has 0 unspecified atom stereocenters. The van der Waals surface area contributed by atoms with E-state index in [0.717, 1.165) is 0 Å². The van der Waals surface area contributed by atoms with Crippen LogP contribution in [0.15, 0.2) is 23.1 Å². The van der Waals surface area contributed by atoms with E-state index in [4.69, 9.17) is 21.8 Å². The first-order valence-corrected chi connectivity index (χ1v) is 4.02. The summed E-state index contributed by atoms with van der Waals surface area (Å²) in [6.07, 6.45) is 4.60. The lowest BCUT2D eigenvalue weighted by Gasteiger charge is -1.89. The molecular weight excluding hydrogens is 192 g/mol. The highest BCUT2D eigenvalue weighted by Crippen LogP contribution is 2.10. The predicted molar refractivity (Wildman–Crippen MR) is 46.5 cm³/mol. The van der Waals surface area contributed by atoms with Crippen molar-refractivity contribution in [2.75, 3.05) is 0 Å². The van der Waals surface area contributed by atoms with Gasteiger partial charge in [0.25, 0.3) is 0 Å². The highest BCUT2D eigenvalue weighted by Gasteiger charge is 2.05. The van der Waals surface area contributed by atoms with Crippen LogP contribution in [0.3, 0.4) is 0 Å². The molecule has 0 aromatic carbocycles. The zero-order valence-corrected chi connectivity index (χ0v) is 7.40. The number of hydrogen-bond acceptors (Lipinski definition) is 4. The van der Waals surface area contributed by atoms with E-state index in [1.165, 1.54) is 17.1 Å². The normalized spacial score (nSPS) is 10.6. The van der Waals surface area contributed by atoms with Gasteiger partial charge in [0.15, 0.2) is 0 Å². The maximum atomic E-state index is 5.67. The summed E-state index contributed by atoms with van der Waals surface area (Å²) in [5, 5.41) is 4.46. The van der Waals surface area contributed by atoms with Gasteiger partial charge < -0.3 is 10.2 Å². The molecule has 0 amide bonds. The van der Waals surface area contributed by atoms with Gasteiger partial charge in [0.1, 0.15) is 6.26 Å². The second-order valence-electron chi connectivity index (χ2n) is 2.43. The molecule has 6 heteroatoms. The van der Waals surface area contributed by atoms with Gasteiger partial charge in [-0.3, -0.25) is 0 Å². The smallest absolute Gasteiger partial charge is 0.322 e. The highest BCUT2D eigenvalue weighted by atomic mass is 35.5. The van der Waals surface area contributed by atoms with Crippen LogP contribution in [0.5, 0.6) is 0 Å². The minimum Gasteiger partial charge on any atom is -0.430 e. The van der Waals surface area contributed by atoms with E-state index >= 15 is 0 Å². The van der Waals surface area contributed by atoms with Crippen molar-refractivity contribution >= 4 is 11.6 Å². The first kappa shape index (κ1) is 8.28. The van der Waals surface area contributed by atoms with E-state index < -0.39 is 0 Å². The molecule has 2 aromatic rings. The Morgan fingerprint density at radius 1 is 1.62 bits per heavy atom. The minimum absolute atomic E-state index is 0.346. The molecule has 13 heavy (non-hydrogen) atoms. The summed E-state index contributed by atoms with van der Waals surface area (Å²) in [4.78, 5) is 4.06. The van der Waals surface area contributed by atoms with Crippen molar-refractivity contribution in [3.63, 3.8) is 0 Å². The van der Waals surface area contributed by atoms with Crippen LogP contribution >= 0.6 is 11.6 Å². The van der Waals surface area contributed by atoms with Crippen LogP contribution in [0.2, 0.25) is 5.02 Å². The summed E-state index contributed by atoms with van der Waals surface area (Å²) >= 11 is 5.67. The molecule has 2 N–H and O–H groups in total. The van der Waals surface area contributed by atoms with Crippen molar-refractivity contribution in [1.29, 1.82) is 0 Å². The third-order valence-electron chi connectivity index (χ3n) is 1.50. The quantitative estimate of drug-likeness (QED) is 0.781. The Bertz CT molecular complexity index is 408. The Hall–Kier alpha value is -1.33. The Morgan fingerprint density at radius 3 is 3.00 bits per heavy atom. The molecule has 0 aliphatic rings. The van der Waals surface area contributed by atoms with Gasteiger partial charge in [-0.2, -0.15) is 14.8 Å². The van der Waals surface area contributed by atoms with Crippen molar-refractivity contribution < 1.29 is 4.42 Å². The van der Waals surface area contributed by atoms with Crippen molar-refractivity contribution in [2.45, 2.75) is 6.54 Å². The summed E-state index contributed by atoms with van der Waals surface area (Å²) < 4.78 is 6.55. The van der Waals surface area contributed by atoms with Gasteiger partial charge in [-0.15, -0.1) is 0 Å². The van der Waals surface area contributed by atoms with Crippen LogP contribution in [-0.4, -0.2) is 14.8 Å². The summed E-state index contributed by atoms with van der Waals surface area (Å²) in [5.74, 6) is 0. The van der Waals surface area contributed by atoms with Crippen molar-refractivity contribution in [2.24, 2.45) is 5.73 Å².